The number of hydrogen-bond acceptors (Lipinski definition) is 4. The van der Waals surface area contributed by atoms with Gasteiger partial charge in [0.1, 0.15) is 0 Å². The molecule has 1 saturated heterocycles. The second kappa shape index (κ2) is 5.93. The molecule has 0 N–H and O–H groups in total. The zero-order valence-corrected chi connectivity index (χ0v) is 16.0. The fourth-order valence-electron chi connectivity index (χ4n) is 3.20. The van der Waals surface area contributed by atoms with Crippen molar-refractivity contribution in [3.8, 4) is 0 Å². The zero-order valence-electron chi connectivity index (χ0n) is 16.0. The van der Waals surface area contributed by atoms with E-state index >= 15 is 0 Å². The van der Waals surface area contributed by atoms with Crippen molar-refractivity contribution >= 4 is 23.6 Å². The summed E-state index contributed by atoms with van der Waals surface area (Å²) in [6, 6.07) is 12.4. The van der Waals surface area contributed by atoms with Crippen molar-refractivity contribution in [1.82, 2.24) is 14.8 Å². The first kappa shape index (κ1) is 17.2. The molecule has 0 unspecified atom stereocenters. The highest BCUT2D eigenvalue weighted by Crippen LogP contribution is 2.36. The van der Waals surface area contributed by atoms with Crippen LogP contribution in [0.4, 0.5) is 0 Å². The molecule has 1 fully saturated rings. The Hall–Kier alpha value is -2.18. The van der Waals surface area contributed by atoms with E-state index in [-0.39, 0.29) is 11.2 Å². The van der Waals surface area contributed by atoms with Gasteiger partial charge in [0.25, 0.3) is 0 Å². The summed E-state index contributed by atoms with van der Waals surface area (Å²) >= 11 is 0. The number of aryl methyl sites for hydroxylation is 1. The molecular formula is C20H24BN3O2. The van der Waals surface area contributed by atoms with E-state index in [1.807, 2.05) is 36.0 Å². The highest BCUT2D eigenvalue weighted by Gasteiger charge is 2.51. The Kier molecular flexibility index (Phi) is 3.93. The summed E-state index contributed by atoms with van der Waals surface area (Å²) in [6.07, 6.45) is 1.84. The monoisotopic (exact) mass is 349 g/mol. The summed E-state index contributed by atoms with van der Waals surface area (Å²) in [5.74, 6) is 0. The Morgan fingerprint density at radius 3 is 2.35 bits per heavy atom. The van der Waals surface area contributed by atoms with Crippen LogP contribution in [-0.4, -0.2) is 33.1 Å². The molecule has 4 rings (SSSR count). The second-order valence-corrected chi connectivity index (χ2v) is 7.96. The molecule has 0 amide bonds. The molecule has 0 saturated carbocycles. The predicted octanol–water partition coefficient (Wildman–Crippen LogP) is 3.09. The largest absolute Gasteiger partial charge is 0.496 e. The Balaban J connectivity index is 1.68. The van der Waals surface area contributed by atoms with Crippen LogP contribution in [-0.2, 0) is 15.9 Å². The van der Waals surface area contributed by atoms with Crippen molar-refractivity contribution in [3.63, 3.8) is 0 Å². The molecule has 134 valence electrons. The van der Waals surface area contributed by atoms with E-state index in [2.05, 4.69) is 56.0 Å². The lowest BCUT2D eigenvalue weighted by molar-refractivity contribution is 0.00578. The van der Waals surface area contributed by atoms with Gasteiger partial charge in [0.15, 0.2) is 5.65 Å². The predicted molar refractivity (Wildman–Crippen MR) is 104 cm³/mol. The molecule has 0 aliphatic carbocycles. The lowest BCUT2D eigenvalue weighted by Crippen LogP contribution is -2.41. The first-order chi connectivity index (χ1) is 12.3. The van der Waals surface area contributed by atoms with Gasteiger partial charge in [-0.2, -0.15) is 5.10 Å². The Labute approximate surface area is 154 Å². The van der Waals surface area contributed by atoms with Crippen LogP contribution in [0, 0.1) is 6.92 Å². The molecule has 26 heavy (non-hydrogen) atoms. The van der Waals surface area contributed by atoms with E-state index in [4.69, 9.17) is 9.31 Å². The molecule has 5 nitrogen and oxygen atoms in total. The summed E-state index contributed by atoms with van der Waals surface area (Å²) in [5, 5.41) is 5.72. The minimum Gasteiger partial charge on any atom is -0.399 e. The van der Waals surface area contributed by atoms with E-state index in [1.54, 1.807) is 0 Å². The second-order valence-electron chi connectivity index (χ2n) is 7.96. The van der Waals surface area contributed by atoms with Gasteiger partial charge in [-0.15, -0.1) is 0 Å². The van der Waals surface area contributed by atoms with Gasteiger partial charge in [-0.05, 0) is 46.2 Å². The summed E-state index contributed by atoms with van der Waals surface area (Å²) in [7, 11) is -0.409. The molecule has 0 radical (unpaired) electrons. The maximum Gasteiger partial charge on any atom is 0.496 e. The minimum atomic E-state index is -0.409. The molecule has 1 aromatic carbocycles. The van der Waals surface area contributed by atoms with Crippen molar-refractivity contribution < 1.29 is 9.31 Å². The normalized spacial score (nSPS) is 18.6. The first-order valence-electron chi connectivity index (χ1n) is 8.99. The molecule has 0 atom stereocenters. The Morgan fingerprint density at radius 1 is 1.04 bits per heavy atom. The number of fused-ring (bicyclic) bond motifs is 1. The van der Waals surface area contributed by atoms with Crippen molar-refractivity contribution in [3.05, 3.63) is 53.9 Å². The summed E-state index contributed by atoms with van der Waals surface area (Å²) in [6.45, 7) is 10.9. The highest BCUT2D eigenvalue weighted by molar-refractivity contribution is 6.62. The molecule has 2 aromatic heterocycles. The van der Waals surface area contributed by atoms with Gasteiger partial charge in [0.05, 0.1) is 23.4 Å². The summed E-state index contributed by atoms with van der Waals surface area (Å²) < 4.78 is 14.3. The van der Waals surface area contributed by atoms with Gasteiger partial charge in [-0.1, -0.05) is 30.3 Å². The van der Waals surface area contributed by atoms with Crippen LogP contribution < -0.4 is 5.46 Å². The van der Waals surface area contributed by atoms with Gasteiger partial charge >= 0.3 is 7.12 Å². The molecule has 3 aromatic rings. The quantitative estimate of drug-likeness (QED) is 0.682. The topological polar surface area (TPSA) is 49.2 Å². The van der Waals surface area contributed by atoms with Crippen LogP contribution >= 0.6 is 0 Å². The van der Waals surface area contributed by atoms with E-state index in [9.17, 15) is 0 Å². The van der Waals surface area contributed by atoms with Gasteiger partial charge in [0.2, 0.25) is 0 Å². The van der Waals surface area contributed by atoms with E-state index in [0.717, 1.165) is 22.2 Å². The third-order valence-corrected chi connectivity index (χ3v) is 5.49. The molecule has 1 aliphatic rings. The van der Waals surface area contributed by atoms with Gasteiger partial charge in [0, 0.05) is 17.0 Å². The number of rotatable bonds is 3. The van der Waals surface area contributed by atoms with Crippen molar-refractivity contribution in [2.45, 2.75) is 52.4 Å². The average Bonchev–Trinajstić information content (AvgIpc) is 3.01. The third kappa shape index (κ3) is 2.83. The van der Waals surface area contributed by atoms with Crippen LogP contribution in [0.5, 0.6) is 0 Å². The van der Waals surface area contributed by atoms with Gasteiger partial charge in [-0.25, -0.2) is 9.67 Å². The molecule has 3 heterocycles. The fraction of sp³-hybridized carbons (Fsp3) is 0.400. The molecule has 1 aliphatic heterocycles. The molecule has 0 bridgehead atoms. The third-order valence-electron chi connectivity index (χ3n) is 5.49. The highest BCUT2D eigenvalue weighted by atomic mass is 16.7. The summed E-state index contributed by atoms with van der Waals surface area (Å²) in [4.78, 5) is 4.68. The van der Waals surface area contributed by atoms with Crippen molar-refractivity contribution in [1.29, 1.82) is 0 Å². The van der Waals surface area contributed by atoms with E-state index in [0.29, 0.717) is 6.54 Å². The smallest absolute Gasteiger partial charge is 0.399 e. The van der Waals surface area contributed by atoms with Crippen molar-refractivity contribution in [2.24, 2.45) is 0 Å². The minimum absolute atomic E-state index is 0.362. The average molecular weight is 349 g/mol. The Morgan fingerprint density at radius 2 is 1.69 bits per heavy atom. The molecule has 0 spiro atoms. The van der Waals surface area contributed by atoms with Crippen LogP contribution in [0.25, 0.3) is 11.0 Å². The first-order valence-corrected chi connectivity index (χ1v) is 8.99. The number of aromatic nitrogens is 3. The van der Waals surface area contributed by atoms with Crippen LogP contribution in [0.3, 0.4) is 0 Å². The van der Waals surface area contributed by atoms with Crippen LogP contribution in [0.1, 0.15) is 39.0 Å². The standard InChI is InChI=1S/C20H24BN3O2/c1-14-17-11-16(21-25-19(2,3)20(4,5)26-21)12-22-18(17)24(23-14)13-15-9-7-6-8-10-15/h6-12H,13H2,1-5H3. The maximum atomic E-state index is 6.15. The lowest BCUT2D eigenvalue weighted by Gasteiger charge is -2.32. The van der Waals surface area contributed by atoms with E-state index in [1.165, 1.54) is 5.56 Å². The van der Waals surface area contributed by atoms with Crippen LogP contribution in [0.15, 0.2) is 42.6 Å². The fourth-order valence-corrected chi connectivity index (χ4v) is 3.20. The van der Waals surface area contributed by atoms with E-state index < -0.39 is 7.12 Å². The Bertz CT molecular complexity index is 934. The number of benzene rings is 1. The maximum absolute atomic E-state index is 6.15. The zero-order chi connectivity index (χ0) is 18.5. The van der Waals surface area contributed by atoms with Crippen LogP contribution in [0.2, 0.25) is 0 Å². The number of nitrogens with zero attached hydrogens (tertiary/aromatic N) is 3. The summed E-state index contributed by atoms with van der Waals surface area (Å²) in [5.41, 5.74) is 3.25. The molecule has 6 heteroatoms. The van der Waals surface area contributed by atoms with Gasteiger partial charge < -0.3 is 9.31 Å². The molecular weight excluding hydrogens is 325 g/mol. The SMILES string of the molecule is Cc1nn(Cc2ccccc2)c2ncc(B3OC(C)(C)C(C)(C)O3)cc12. The van der Waals surface area contributed by atoms with Crippen molar-refractivity contribution in [2.75, 3.05) is 0 Å². The number of pyridine rings is 1. The lowest BCUT2D eigenvalue weighted by atomic mass is 9.80. The van der Waals surface area contributed by atoms with Gasteiger partial charge in [-0.3, -0.25) is 0 Å². The number of hydrogen-bond donors (Lipinski definition) is 0.